The summed E-state index contributed by atoms with van der Waals surface area (Å²) in [6.07, 6.45) is 1.99. The predicted octanol–water partition coefficient (Wildman–Crippen LogP) is 4.06. The van der Waals surface area contributed by atoms with Gasteiger partial charge in [-0.15, -0.1) is 11.8 Å². The summed E-state index contributed by atoms with van der Waals surface area (Å²) < 4.78 is 5.49. The number of benzene rings is 2. The van der Waals surface area contributed by atoms with Crippen LogP contribution >= 0.6 is 11.8 Å². The molecule has 0 unspecified atom stereocenters. The second kappa shape index (κ2) is 7.01. The van der Waals surface area contributed by atoms with Gasteiger partial charge in [0.05, 0.1) is 17.9 Å². The van der Waals surface area contributed by atoms with Gasteiger partial charge in [0, 0.05) is 4.90 Å². The molecule has 0 aliphatic rings. The molecule has 0 heterocycles. The Morgan fingerprint density at radius 3 is 2.60 bits per heavy atom. The van der Waals surface area contributed by atoms with E-state index in [0.29, 0.717) is 17.9 Å². The monoisotopic (exact) mass is 287 g/mol. The van der Waals surface area contributed by atoms with Crippen LogP contribution in [-0.4, -0.2) is 18.8 Å². The largest absolute Gasteiger partial charge is 0.493 e. The number of para-hydroxylation sites is 2. The molecule has 0 saturated carbocycles. The molecule has 2 aromatic carbocycles. The van der Waals surface area contributed by atoms with Gasteiger partial charge in [0.1, 0.15) is 5.75 Å². The zero-order valence-electron chi connectivity index (χ0n) is 11.6. The highest BCUT2D eigenvalue weighted by Crippen LogP contribution is 2.26. The van der Waals surface area contributed by atoms with Crippen molar-refractivity contribution in [2.24, 2.45) is 0 Å². The van der Waals surface area contributed by atoms with E-state index in [1.165, 1.54) is 0 Å². The number of nitrogens with one attached hydrogen (secondary N) is 1. The van der Waals surface area contributed by atoms with Crippen LogP contribution in [0, 0.1) is 0 Å². The average molecular weight is 287 g/mol. The summed E-state index contributed by atoms with van der Waals surface area (Å²) >= 11 is 1.60. The molecular weight excluding hydrogens is 270 g/mol. The van der Waals surface area contributed by atoms with Crippen LogP contribution in [-0.2, 0) is 0 Å². The lowest BCUT2D eigenvalue weighted by atomic mass is 10.2. The van der Waals surface area contributed by atoms with Crippen LogP contribution in [0.4, 0.5) is 5.69 Å². The molecule has 0 saturated heterocycles. The fourth-order valence-electron chi connectivity index (χ4n) is 1.87. The van der Waals surface area contributed by atoms with Crippen LogP contribution in [0.2, 0.25) is 0 Å². The summed E-state index contributed by atoms with van der Waals surface area (Å²) in [4.78, 5) is 13.4. The first-order valence-corrected chi connectivity index (χ1v) is 7.65. The highest BCUT2D eigenvalue weighted by molar-refractivity contribution is 7.98. The molecule has 104 valence electrons. The number of amides is 1. The topological polar surface area (TPSA) is 38.3 Å². The van der Waals surface area contributed by atoms with Gasteiger partial charge in [0.2, 0.25) is 0 Å². The molecule has 0 fully saturated rings. The molecule has 4 heteroatoms. The number of carbonyl (C=O) groups is 1. The number of hydrogen-bond acceptors (Lipinski definition) is 3. The molecule has 0 aliphatic carbocycles. The third-order valence-electron chi connectivity index (χ3n) is 2.79. The Bertz CT molecular complexity index is 599. The molecule has 0 bridgehead atoms. The second-order valence-electron chi connectivity index (χ2n) is 4.08. The first kappa shape index (κ1) is 14.5. The summed E-state index contributed by atoms with van der Waals surface area (Å²) in [6.45, 7) is 2.43. The Morgan fingerprint density at radius 2 is 1.85 bits per heavy atom. The van der Waals surface area contributed by atoms with Crippen molar-refractivity contribution in [3.8, 4) is 5.75 Å². The number of ether oxygens (including phenoxy) is 1. The molecule has 20 heavy (non-hydrogen) atoms. The van der Waals surface area contributed by atoms with Gasteiger partial charge in [0.15, 0.2) is 0 Å². The van der Waals surface area contributed by atoms with Gasteiger partial charge in [-0.2, -0.15) is 0 Å². The van der Waals surface area contributed by atoms with Gasteiger partial charge >= 0.3 is 0 Å². The maximum atomic E-state index is 12.4. The maximum Gasteiger partial charge on any atom is 0.259 e. The fourth-order valence-corrected chi connectivity index (χ4v) is 2.43. The van der Waals surface area contributed by atoms with Crippen molar-refractivity contribution in [2.45, 2.75) is 11.8 Å². The first-order chi connectivity index (χ1) is 9.76. The molecule has 3 nitrogen and oxygen atoms in total. The van der Waals surface area contributed by atoms with E-state index in [-0.39, 0.29) is 5.91 Å². The van der Waals surface area contributed by atoms with Gasteiger partial charge < -0.3 is 10.1 Å². The summed E-state index contributed by atoms with van der Waals surface area (Å²) in [5.41, 5.74) is 1.36. The minimum absolute atomic E-state index is 0.157. The second-order valence-corrected chi connectivity index (χ2v) is 4.93. The summed E-state index contributed by atoms with van der Waals surface area (Å²) in [5, 5.41) is 2.94. The summed E-state index contributed by atoms with van der Waals surface area (Å²) in [5.74, 6) is 0.449. The highest BCUT2D eigenvalue weighted by atomic mass is 32.2. The van der Waals surface area contributed by atoms with Crippen molar-refractivity contribution in [2.75, 3.05) is 18.2 Å². The SMILES string of the molecule is CCOc1ccccc1C(=O)Nc1ccccc1SC. The summed E-state index contributed by atoms with van der Waals surface area (Å²) in [7, 11) is 0. The van der Waals surface area contributed by atoms with E-state index in [0.717, 1.165) is 10.6 Å². The zero-order chi connectivity index (χ0) is 14.4. The molecule has 0 radical (unpaired) electrons. The number of thioether (sulfide) groups is 1. The van der Waals surface area contributed by atoms with Crippen molar-refractivity contribution < 1.29 is 9.53 Å². The quantitative estimate of drug-likeness (QED) is 0.843. The van der Waals surface area contributed by atoms with Gasteiger partial charge in [-0.05, 0) is 37.4 Å². The predicted molar refractivity (Wildman–Crippen MR) is 83.8 cm³/mol. The van der Waals surface area contributed by atoms with Crippen LogP contribution < -0.4 is 10.1 Å². The zero-order valence-corrected chi connectivity index (χ0v) is 12.4. The molecule has 1 N–H and O–H groups in total. The Kier molecular flexibility index (Phi) is 5.07. The molecule has 0 aliphatic heterocycles. The van der Waals surface area contributed by atoms with Crippen molar-refractivity contribution in [3.63, 3.8) is 0 Å². The number of carbonyl (C=O) groups excluding carboxylic acids is 1. The van der Waals surface area contributed by atoms with E-state index in [1.54, 1.807) is 23.9 Å². The van der Waals surface area contributed by atoms with Crippen LogP contribution in [0.3, 0.4) is 0 Å². The number of anilines is 1. The summed E-state index contributed by atoms with van der Waals surface area (Å²) in [6, 6.07) is 15.0. The van der Waals surface area contributed by atoms with E-state index < -0.39 is 0 Å². The molecule has 2 rings (SSSR count). The van der Waals surface area contributed by atoms with Gasteiger partial charge in [-0.3, -0.25) is 4.79 Å². The van der Waals surface area contributed by atoms with Crippen molar-refractivity contribution in [3.05, 3.63) is 54.1 Å². The lowest BCUT2D eigenvalue weighted by Crippen LogP contribution is -2.14. The van der Waals surface area contributed by atoms with E-state index >= 15 is 0 Å². The Labute approximate surface area is 123 Å². The van der Waals surface area contributed by atoms with Crippen molar-refractivity contribution >= 4 is 23.4 Å². The van der Waals surface area contributed by atoms with Crippen LogP contribution in [0.5, 0.6) is 5.75 Å². The average Bonchev–Trinajstić information content (AvgIpc) is 2.48. The van der Waals surface area contributed by atoms with E-state index in [9.17, 15) is 4.79 Å². The minimum atomic E-state index is -0.157. The molecular formula is C16H17NO2S. The molecule has 0 atom stereocenters. The van der Waals surface area contributed by atoms with Crippen LogP contribution in [0.25, 0.3) is 0 Å². The lowest BCUT2D eigenvalue weighted by molar-refractivity contribution is 0.102. The van der Waals surface area contributed by atoms with E-state index in [2.05, 4.69) is 5.32 Å². The minimum Gasteiger partial charge on any atom is -0.493 e. The first-order valence-electron chi connectivity index (χ1n) is 6.42. The van der Waals surface area contributed by atoms with Gasteiger partial charge in [-0.1, -0.05) is 24.3 Å². The Hall–Kier alpha value is -1.94. The van der Waals surface area contributed by atoms with Gasteiger partial charge in [0.25, 0.3) is 5.91 Å². The Balaban J connectivity index is 2.24. The molecule has 2 aromatic rings. The Morgan fingerprint density at radius 1 is 1.15 bits per heavy atom. The maximum absolute atomic E-state index is 12.4. The van der Waals surface area contributed by atoms with Gasteiger partial charge in [-0.25, -0.2) is 0 Å². The molecule has 1 amide bonds. The number of rotatable bonds is 5. The number of hydrogen-bond donors (Lipinski definition) is 1. The van der Waals surface area contributed by atoms with E-state index in [1.807, 2.05) is 49.6 Å². The van der Waals surface area contributed by atoms with E-state index in [4.69, 9.17) is 4.74 Å². The smallest absolute Gasteiger partial charge is 0.259 e. The standard InChI is InChI=1S/C16H17NO2S/c1-3-19-14-10-6-4-8-12(14)16(18)17-13-9-5-7-11-15(13)20-2/h4-11H,3H2,1-2H3,(H,17,18). The van der Waals surface area contributed by atoms with Crippen LogP contribution in [0.1, 0.15) is 17.3 Å². The van der Waals surface area contributed by atoms with Crippen molar-refractivity contribution in [1.29, 1.82) is 0 Å². The highest BCUT2D eigenvalue weighted by Gasteiger charge is 2.13. The molecule has 0 spiro atoms. The van der Waals surface area contributed by atoms with Crippen molar-refractivity contribution in [1.82, 2.24) is 0 Å². The fraction of sp³-hybridized carbons (Fsp3) is 0.188. The third-order valence-corrected chi connectivity index (χ3v) is 3.58. The lowest BCUT2D eigenvalue weighted by Gasteiger charge is -2.12. The van der Waals surface area contributed by atoms with Crippen LogP contribution in [0.15, 0.2) is 53.4 Å². The third kappa shape index (κ3) is 3.33. The molecule has 0 aromatic heterocycles. The normalized spacial score (nSPS) is 10.1.